The summed E-state index contributed by atoms with van der Waals surface area (Å²) in [5.41, 5.74) is 4.09. The number of aliphatic hydroxyl groups is 1. The Labute approximate surface area is 137 Å². The van der Waals surface area contributed by atoms with E-state index in [4.69, 9.17) is 4.74 Å². The van der Waals surface area contributed by atoms with Gasteiger partial charge < -0.3 is 14.8 Å². The topological polar surface area (TPSA) is 104 Å². The van der Waals surface area contributed by atoms with Crippen LogP contribution in [-0.4, -0.2) is 38.3 Å². The largest absolute Gasteiger partial charge is 0.392 e. The van der Waals surface area contributed by atoms with Gasteiger partial charge in [0.1, 0.15) is 5.52 Å². The standard InChI is InChI=1S/C17H16N4O3/c22-9-10-2-1-3-12(8-10)15-18-13(11-4-6-24-7-5-11)14-16(20-15)21-17(23)19-14/h1-4,8,22H,5-7,9H2,(H2,18,19,20,21,23). The molecule has 2 aromatic heterocycles. The minimum atomic E-state index is -0.311. The van der Waals surface area contributed by atoms with Crippen molar-refractivity contribution in [3.8, 4) is 11.4 Å². The Bertz CT molecular complexity index is 987. The smallest absolute Gasteiger partial charge is 0.325 e. The van der Waals surface area contributed by atoms with Crippen molar-refractivity contribution in [2.24, 2.45) is 0 Å². The number of benzene rings is 1. The lowest BCUT2D eigenvalue weighted by Gasteiger charge is -2.14. The zero-order chi connectivity index (χ0) is 16.5. The van der Waals surface area contributed by atoms with Crippen LogP contribution < -0.4 is 5.69 Å². The fourth-order valence-corrected chi connectivity index (χ4v) is 2.83. The summed E-state index contributed by atoms with van der Waals surface area (Å²) in [5.74, 6) is 0.510. The Hall–Kier alpha value is -2.77. The molecule has 1 aliphatic rings. The molecule has 0 saturated heterocycles. The molecule has 0 saturated carbocycles. The highest BCUT2D eigenvalue weighted by Crippen LogP contribution is 2.27. The molecular formula is C17H16N4O3. The first-order valence-corrected chi connectivity index (χ1v) is 7.72. The minimum Gasteiger partial charge on any atom is -0.392 e. The number of H-pyrrole nitrogens is 2. The van der Waals surface area contributed by atoms with Gasteiger partial charge in [0.25, 0.3) is 0 Å². The molecule has 1 aliphatic heterocycles. The molecule has 24 heavy (non-hydrogen) atoms. The van der Waals surface area contributed by atoms with Crippen molar-refractivity contribution in [2.45, 2.75) is 13.0 Å². The van der Waals surface area contributed by atoms with E-state index in [1.54, 1.807) is 0 Å². The number of fused-ring (bicyclic) bond motifs is 1. The minimum absolute atomic E-state index is 0.0492. The fraction of sp³-hybridized carbons (Fsp3) is 0.235. The Balaban J connectivity index is 1.93. The number of ether oxygens (including phenoxy) is 1. The molecule has 122 valence electrons. The number of imidazole rings is 1. The Morgan fingerprint density at radius 3 is 2.96 bits per heavy atom. The molecule has 0 bridgehead atoms. The highest BCUT2D eigenvalue weighted by Gasteiger charge is 2.17. The predicted molar refractivity (Wildman–Crippen MR) is 89.3 cm³/mol. The fourth-order valence-electron chi connectivity index (χ4n) is 2.83. The highest BCUT2D eigenvalue weighted by molar-refractivity contribution is 5.86. The molecule has 0 amide bonds. The van der Waals surface area contributed by atoms with Crippen LogP contribution in [0.3, 0.4) is 0 Å². The molecule has 3 N–H and O–H groups in total. The zero-order valence-corrected chi connectivity index (χ0v) is 12.9. The van der Waals surface area contributed by atoms with E-state index in [9.17, 15) is 9.90 Å². The average molecular weight is 324 g/mol. The Morgan fingerprint density at radius 2 is 2.17 bits per heavy atom. The van der Waals surface area contributed by atoms with Gasteiger partial charge in [-0.1, -0.05) is 24.3 Å². The van der Waals surface area contributed by atoms with Gasteiger partial charge in [0.2, 0.25) is 0 Å². The lowest BCUT2D eigenvalue weighted by Crippen LogP contribution is -2.07. The summed E-state index contributed by atoms with van der Waals surface area (Å²) in [6.07, 6.45) is 2.71. The van der Waals surface area contributed by atoms with Crippen molar-refractivity contribution in [3.05, 3.63) is 52.1 Å². The molecule has 0 fully saturated rings. The average Bonchev–Trinajstić information content (AvgIpc) is 3.01. The van der Waals surface area contributed by atoms with Crippen molar-refractivity contribution in [3.63, 3.8) is 0 Å². The maximum absolute atomic E-state index is 11.7. The maximum atomic E-state index is 11.7. The summed E-state index contributed by atoms with van der Waals surface area (Å²) in [6.45, 7) is 1.11. The molecule has 7 heteroatoms. The van der Waals surface area contributed by atoms with E-state index in [0.29, 0.717) is 35.9 Å². The van der Waals surface area contributed by atoms with Crippen LogP contribution in [0.4, 0.5) is 0 Å². The summed E-state index contributed by atoms with van der Waals surface area (Å²) in [6, 6.07) is 7.41. The van der Waals surface area contributed by atoms with Crippen LogP contribution in [0, 0.1) is 0 Å². The normalized spacial score (nSPS) is 14.8. The van der Waals surface area contributed by atoms with Gasteiger partial charge in [-0.2, -0.15) is 0 Å². The molecule has 3 heterocycles. The number of nitrogens with zero attached hydrogens (tertiary/aromatic N) is 2. The SMILES string of the molecule is O=c1[nH]c2nc(-c3cccc(CO)c3)nc(C3=CCOCC3)c2[nH]1. The third-order valence-corrected chi connectivity index (χ3v) is 4.01. The lowest BCUT2D eigenvalue weighted by atomic mass is 10.1. The molecule has 1 aromatic carbocycles. The maximum Gasteiger partial charge on any atom is 0.325 e. The monoisotopic (exact) mass is 324 g/mol. The summed E-state index contributed by atoms with van der Waals surface area (Å²) in [4.78, 5) is 26.3. The van der Waals surface area contributed by atoms with Crippen LogP contribution in [0.15, 0.2) is 35.1 Å². The number of hydrogen-bond acceptors (Lipinski definition) is 5. The van der Waals surface area contributed by atoms with Gasteiger partial charge in [-0.3, -0.25) is 4.98 Å². The number of hydrogen-bond donors (Lipinski definition) is 3. The summed E-state index contributed by atoms with van der Waals surface area (Å²) in [7, 11) is 0. The molecule has 4 rings (SSSR count). The predicted octanol–water partition coefficient (Wildman–Crippen LogP) is 1.61. The van der Waals surface area contributed by atoms with Crippen molar-refractivity contribution < 1.29 is 9.84 Å². The molecule has 0 aliphatic carbocycles. The summed E-state index contributed by atoms with van der Waals surface area (Å²) >= 11 is 0. The quantitative estimate of drug-likeness (QED) is 0.679. The van der Waals surface area contributed by atoms with Crippen LogP contribution in [-0.2, 0) is 11.3 Å². The van der Waals surface area contributed by atoms with Crippen molar-refractivity contribution in [1.29, 1.82) is 0 Å². The van der Waals surface area contributed by atoms with Gasteiger partial charge in [-0.15, -0.1) is 0 Å². The van der Waals surface area contributed by atoms with E-state index >= 15 is 0 Å². The second kappa shape index (κ2) is 6.03. The number of aromatic amines is 2. The zero-order valence-electron chi connectivity index (χ0n) is 12.9. The van der Waals surface area contributed by atoms with E-state index in [1.807, 2.05) is 30.3 Å². The van der Waals surface area contributed by atoms with E-state index in [2.05, 4.69) is 19.9 Å². The van der Waals surface area contributed by atoms with Crippen LogP contribution >= 0.6 is 0 Å². The Morgan fingerprint density at radius 1 is 1.25 bits per heavy atom. The van der Waals surface area contributed by atoms with Gasteiger partial charge in [0, 0.05) is 5.56 Å². The van der Waals surface area contributed by atoms with E-state index < -0.39 is 0 Å². The third kappa shape index (κ3) is 2.64. The molecule has 0 unspecified atom stereocenters. The highest BCUT2D eigenvalue weighted by atomic mass is 16.5. The molecule has 0 spiro atoms. The van der Waals surface area contributed by atoms with Gasteiger partial charge in [-0.05, 0) is 23.6 Å². The van der Waals surface area contributed by atoms with Crippen LogP contribution in [0.1, 0.15) is 17.7 Å². The second-order valence-electron chi connectivity index (χ2n) is 5.61. The number of aliphatic hydroxyl groups excluding tert-OH is 1. The van der Waals surface area contributed by atoms with Crippen LogP contribution in [0.25, 0.3) is 28.1 Å². The summed E-state index contributed by atoms with van der Waals surface area (Å²) in [5, 5.41) is 9.33. The molecule has 0 atom stereocenters. The number of aromatic nitrogens is 4. The second-order valence-corrected chi connectivity index (χ2v) is 5.61. The van der Waals surface area contributed by atoms with Crippen LogP contribution in [0.2, 0.25) is 0 Å². The molecular weight excluding hydrogens is 308 g/mol. The first-order chi connectivity index (χ1) is 11.7. The van der Waals surface area contributed by atoms with E-state index in [-0.39, 0.29) is 12.3 Å². The van der Waals surface area contributed by atoms with Gasteiger partial charge >= 0.3 is 5.69 Å². The van der Waals surface area contributed by atoms with E-state index in [0.717, 1.165) is 23.1 Å². The van der Waals surface area contributed by atoms with Gasteiger partial charge in [0.15, 0.2) is 11.5 Å². The Kier molecular flexibility index (Phi) is 3.72. The molecule has 0 radical (unpaired) electrons. The lowest BCUT2D eigenvalue weighted by molar-refractivity contribution is 0.161. The first kappa shape index (κ1) is 14.8. The summed E-state index contributed by atoms with van der Waals surface area (Å²) < 4.78 is 5.36. The third-order valence-electron chi connectivity index (χ3n) is 4.01. The molecule has 7 nitrogen and oxygen atoms in total. The van der Waals surface area contributed by atoms with Crippen molar-refractivity contribution in [1.82, 2.24) is 19.9 Å². The van der Waals surface area contributed by atoms with Gasteiger partial charge in [-0.25, -0.2) is 14.8 Å². The van der Waals surface area contributed by atoms with Gasteiger partial charge in [0.05, 0.1) is 25.5 Å². The number of rotatable bonds is 3. The van der Waals surface area contributed by atoms with Crippen molar-refractivity contribution >= 4 is 16.7 Å². The molecule has 3 aromatic rings. The van der Waals surface area contributed by atoms with Crippen molar-refractivity contribution in [2.75, 3.05) is 13.2 Å². The van der Waals surface area contributed by atoms with Crippen LogP contribution in [0.5, 0.6) is 0 Å². The first-order valence-electron chi connectivity index (χ1n) is 7.72. The van der Waals surface area contributed by atoms with E-state index in [1.165, 1.54) is 0 Å². The number of nitrogens with one attached hydrogen (secondary N) is 2.